The fourth-order valence-corrected chi connectivity index (χ4v) is 4.62. The van der Waals surface area contributed by atoms with E-state index >= 15 is 0 Å². The van der Waals surface area contributed by atoms with Crippen molar-refractivity contribution in [2.24, 2.45) is 5.41 Å². The zero-order valence-corrected chi connectivity index (χ0v) is 17.0. The lowest BCUT2D eigenvalue weighted by Crippen LogP contribution is -2.34. The van der Waals surface area contributed by atoms with Gasteiger partial charge >= 0.3 is 6.09 Å². The molecule has 1 fully saturated rings. The fourth-order valence-electron chi connectivity index (χ4n) is 4.49. The van der Waals surface area contributed by atoms with Crippen molar-refractivity contribution in [2.75, 3.05) is 13.1 Å². The van der Waals surface area contributed by atoms with Crippen LogP contribution in [0.2, 0.25) is 5.02 Å². The minimum absolute atomic E-state index is 0.0298. The largest absolute Gasteiger partial charge is 0.445 e. The van der Waals surface area contributed by atoms with E-state index in [1.165, 1.54) is 0 Å². The second-order valence-electron chi connectivity index (χ2n) is 8.02. The number of likely N-dealkylation sites (tertiary alicyclic amines) is 1. The van der Waals surface area contributed by atoms with Gasteiger partial charge in [0.25, 0.3) is 0 Å². The summed E-state index contributed by atoms with van der Waals surface area (Å²) in [7, 11) is 0. The van der Waals surface area contributed by atoms with Crippen LogP contribution in [0.5, 0.6) is 0 Å². The molecule has 0 saturated carbocycles. The summed E-state index contributed by atoms with van der Waals surface area (Å²) in [4.78, 5) is 26.1. The first-order valence-corrected chi connectivity index (χ1v) is 10.4. The van der Waals surface area contributed by atoms with Crippen LogP contribution in [-0.4, -0.2) is 30.4 Å². The lowest BCUT2D eigenvalue weighted by Gasteiger charge is -2.34. The summed E-state index contributed by atoms with van der Waals surface area (Å²) in [6.07, 6.45) is 4.12. The molecule has 5 heteroatoms. The monoisotopic (exact) mass is 409 g/mol. The van der Waals surface area contributed by atoms with Crippen molar-refractivity contribution in [3.8, 4) is 0 Å². The van der Waals surface area contributed by atoms with E-state index in [0.29, 0.717) is 24.5 Å². The first kappa shape index (κ1) is 19.7. The molecule has 150 valence electrons. The summed E-state index contributed by atoms with van der Waals surface area (Å²) >= 11 is 5.99. The maximum Gasteiger partial charge on any atom is 0.410 e. The molecule has 0 aromatic heterocycles. The van der Waals surface area contributed by atoms with Crippen LogP contribution in [0.25, 0.3) is 5.57 Å². The SMILES string of the molecule is O=CC1=C(c2ccc(Cl)cc2)CCC2(CCN(C(=O)OCc3ccccc3)C2)C1. The quantitative estimate of drug-likeness (QED) is 0.626. The number of nitrogens with zero attached hydrogens (tertiary/aromatic N) is 1. The molecular formula is C24H24ClNO3. The highest BCUT2D eigenvalue weighted by Crippen LogP contribution is 2.47. The molecule has 1 heterocycles. The molecule has 1 spiro atoms. The number of hydrogen-bond donors (Lipinski definition) is 0. The van der Waals surface area contributed by atoms with Gasteiger partial charge in [0.2, 0.25) is 0 Å². The van der Waals surface area contributed by atoms with E-state index in [9.17, 15) is 9.59 Å². The highest BCUT2D eigenvalue weighted by Gasteiger charge is 2.43. The van der Waals surface area contributed by atoms with Gasteiger partial charge in [-0.1, -0.05) is 54.1 Å². The molecule has 29 heavy (non-hydrogen) atoms. The Morgan fingerprint density at radius 2 is 1.86 bits per heavy atom. The first-order chi connectivity index (χ1) is 14.1. The number of rotatable bonds is 4. The Bertz CT molecular complexity index is 923. The van der Waals surface area contributed by atoms with Gasteiger partial charge in [-0.2, -0.15) is 0 Å². The van der Waals surface area contributed by atoms with Gasteiger partial charge in [-0.15, -0.1) is 0 Å². The van der Waals surface area contributed by atoms with Gasteiger partial charge in [-0.05, 0) is 65.5 Å². The van der Waals surface area contributed by atoms with Crippen LogP contribution in [0.1, 0.15) is 36.8 Å². The Morgan fingerprint density at radius 3 is 2.59 bits per heavy atom. The number of carbonyl (C=O) groups is 2. The number of amides is 1. The van der Waals surface area contributed by atoms with E-state index in [-0.39, 0.29) is 18.1 Å². The van der Waals surface area contributed by atoms with Crippen molar-refractivity contribution < 1.29 is 14.3 Å². The minimum Gasteiger partial charge on any atom is -0.445 e. The van der Waals surface area contributed by atoms with E-state index < -0.39 is 0 Å². The van der Waals surface area contributed by atoms with Crippen LogP contribution in [0.15, 0.2) is 60.2 Å². The smallest absolute Gasteiger partial charge is 0.410 e. The number of aldehydes is 1. The van der Waals surface area contributed by atoms with Crippen LogP contribution in [0, 0.1) is 5.41 Å². The Labute approximate surface area is 176 Å². The van der Waals surface area contributed by atoms with Gasteiger partial charge in [0.1, 0.15) is 12.9 Å². The molecular weight excluding hydrogens is 386 g/mol. The van der Waals surface area contributed by atoms with Gasteiger partial charge in [-0.3, -0.25) is 4.79 Å². The number of ether oxygens (including phenoxy) is 1. The van der Waals surface area contributed by atoms with E-state index in [1.807, 2.05) is 54.6 Å². The van der Waals surface area contributed by atoms with Gasteiger partial charge in [0, 0.05) is 18.1 Å². The average molecular weight is 410 g/mol. The van der Waals surface area contributed by atoms with Crippen LogP contribution in [0.4, 0.5) is 4.79 Å². The summed E-state index contributed by atoms with van der Waals surface area (Å²) in [5.74, 6) is 0. The standard InChI is InChI=1S/C24H24ClNO3/c25-21-8-6-19(7-9-21)22-10-11-24(14-20(22)15-27)12-13-26(17-24)23(28)29-16-18-4-2-1-3-5-18/h1-9,15H,10-14,16-17H2. The Kier molecular flexibility index (Phi) is 5.72. The third-order valence-electron chi connectivity index (χ3n) is 6.09. The van der Waals surface area contributed by atoms with Crippen molar-refractivity contribution in [3.05, 3.63) is 76.3 Å². The second kappa shape index (κ2) is 8.42. The molecule has 2 aromatic carbocycles. The molecule has 1 atom stereocenters. The zero-order valence-electron chi connectivity index (χ0n) is 16.3. The average Bonchev–Trinajstić information content (AvgIpc) is 3.17. The molecule has 4 nitrogen and oxygen atoms in total. The summed E-state index contributed by atoms with van der Waals surface area (Å²) in [6, 6.07) is 17.4. The first-order valence-electron chi connectivity index (χ1n) is 9.97. The van der Waals surface area contributed by atoms with Crippen LogP contribution in [-0.2, 0) is 16.1 Å². The van der Waals surface area contributed by atoms with Crippen LogP contribution < -0.4 is 0 Å². The third-order valence-corrected chi connectivity index (χ3v) is 6.35. The van der Waals surface area contributed by atoms with Gasteiger partial charge in [0.15, 0.2) is 0 Å². The lowest BCUT2D eigenvalue weighted by atomic mass is 9.70. The molecule has 2 aliphatic rings. The Balaban J connectivity index is 1.42. The molecule has 1 saturated heterocycles. The van der Waals surface area contributed by atoms with E-state index in [1.54, 1.807) is 4.90 Å². The summed E-state index contributed by atoms with van der Waals surface area (Å²) < 4.78 is 5.49. The molecule has 1 unspecified atom stereocenters. The maximum atomic E-state index is 12.5. The van der Waals surface area contributed by atoms with Gasteiger partial charge in [0.05, 0.1) is 0 Å². The van der Waals surface area contributed by atoms with Gasteiger partial charge in [-0.25, -0.2) is 4.79 Å². The molecule has 0 radical (unpaired) electrons. The molecule has 0 N–H and O–H groups in total. The summed E-state index contributed by atoms with van der Waals surface area (Å²) in [6.45, 7) is 1.60. The topological polar surface area (TPSA) is 46.6 Å². The van der Waals surface area contributed by atoms with Crippen molar-refractivity contribution in [1.82, 2.24) is 4.90 Å². The number of hydrogen-bond acceptors (Lipinski definition) is 3. The Hall–Kier alpha value is -2.59. The van der Waals surface area contributed by atoms with Crippen molar-refractivity contribution in [1.29, 1.82) is 0 Å². The van der Waals surface area contributed by atoms with Crippen molar-refractivity contribution in [2.45, 2.75) is 32.3 Å². The highest BCUT2D eigenvalue weighted by molar-refractivity contribution is 6.30. The molecule has 2 aromatic rings. The van der Waals surface area contributed by atoms with Crippen molar-refractivity contribution >= 4 is 29.6 Å². The second-order valence-corrected chi connectivity index (χ2v) is 8.45. The zero-order chi connectivity index (χ0) is 20.3. The summed E-state index contributed by atoms with van der Waals surface area (Å²) in [5, 5.41) is 0.690. The molecule has 4 rings (SSSR count). The minimum atomic E-state index is -0.272. The predicted octanol–water partition coefficient (Wildman–Crippen LogP) is 5.51. The molecule has 1 amide bonds. The molecule has 1 aliphatic carbocycles. The Morgan fingerprint density at radius 1 is 1.10 bits per heavy atom. The molecule has 0 bridgehead atoms. The van der Waals surface area contributed by atoms with Crippen LogP contribution in [0.3, 0.4) is 0 Å². The third kappa shape index (κ3) is 4.38. The normalized spacial score (nSPS) is 21.5. The van der Waals surface area contributed by atoms with Crippen molar-refractivity contribution in [3.63, 3.8) is 0 Å². The van der Waals surface area contributed by atoms with Gasteiger partial charge < -0.3 is 9.64 Å². The predicted molar refractivity (Wildman–Crippen MR) is 114 cm³/mol. The number of allylic oxidation sites excluding steroid dienone is 2. The number of carbonyl (C=O) groups excluding carboxylic acids is 2. The number of halogens is 1. The van der Waals surface area contributed by atoms with E-state index in [4.69, 9.17) is 16.3 Å². The highest BCUT2D eigenvalue weighted by atomic mass is 35.5. The van der Waals surface area contributed by atoms with E-state index in [0.717, 1.165) is 47.8 Å². The fraction of sp³-hybridized carbons (Fsp3) is 0.333. The van der Waals surface area contributed by atoms with Crippen LogP contribution >= 0.6 is 11.6 Å². The lowest BCUT2D eigenvalue weighted by molar-refractivity contribution is -0.105. The number of benzene rings is 2. The van der Waals surface area contributed by atoms with E-state index in [2.05, 4.69) is 0 Å². The maximum absolute atomic E-state index is 12.5. The molecule has 1 aliphatic heterocycles. The summed E-state index contributed by atoms with van der Waals surface area (Å²) in [5.41, 5.74) is 3.96.